The zero-order valence-corrected chi connectivity index (χ0v) is 27.1. The lowest BCUT2D eigenvalue weighted by molar-refractivity contribution is -0.254. The van der Waals surface area contributed by atoms with Gasteiger partial charge < -0.3 is 23.4 Å². The van der Waals surface area contributed by atoms with Gasteiger partial charge >= 0.3 is 0 Å². The largest absolute Gasteiger partial charge is 0.448 e. The van der Waals surface area contributed by atoms with Crippen LogP contribution in [-0.2, 0) is 36.6 Å². The van der Waals surface area contributed by atoms with Crippen molar-refractivity contribution < 1.29 is 23.4 Å². The SMILES string of the molecule is CC(C)(C)[Si](C)(C)O[C@H]1[C@H](OCc2ccccc2)[C@@H](N=[N+]=[N-])[C@@H](OC(=N)C(Cl)(Cl)Cl)O[C@@H]1COCc1ccccc1. The van der Waals surface area contributed by atoms with Crippen molar-refractivity contribution in [3.8, 4) is 0 Å². The molecule has 1 aliphatic rings. The molecule has 0 aliphatic carbocycles. The number of hydrogen-bond donors (Lipinski definition) is 1. The molecule has 1 saturated heterocycles. The Kier molecular flexibility index (Phi) is 11.9. The van der Waals surface area contributed by atoms with Crippen molar-refractivity contribution in [2.75, 3.05) is 6.61 Å². The first-order valence-corrected chi connectivity index (χ1v) is 17.2. The highest BCUT2D eigenvalue weighted by Gasteiger charge is 2.52. The molecule has 0 saturated carbocycles. The highest BCUT2D eigenvalue weighted by molar-refractivity contribution is 6.76. The topological polar surface area (TPSA) is 119 Å². The van der Waals surface area contributed by atoms with Crippen LogP contribution in [0.25, 0.3) is 10.4 Å². The first-order chi connectivity index (χ1) is 19.2. The van der Waals surface area contributed by atoms with Gasteiger partial charge in [-0.25, -0.2) is 0 Å². The monoisotopic (exact) mass is 642 g/mol. The van der Waals surface area contributed by atoms with Crippen molar-refractivity contribution in [2.24, 2.45) is 5.11 Å². The quantitative estimate of drug-likeness (QED) is 0.0507. The molecule has 0 unspecified atom stereocenters. The van der Waals surface area contributed by atoms with Crippen molar-refractivity contribution in [1.82, 2.24) is 0 Å². The lowest BCUT2D eigenvalue weighted by Gasteiger charge is -2.49. The Morgan fingerprint density at radius 1 is 0.976 bits per heavy atom. The second kappa shape index (κ2) is 14.6. The van der Waals surface area contributed by atoms with Crippen LogP contribution in [0.15, 0.2) is 65.8 Å². The maximum atomic E-state index is 9.52. The fraction of sp³-hybridized carbons (Fsp3) is 0.536. The molecule has 0 radical (unpaired) electrons. The Hall–Kier alpha value is -1.85. The van der Waals surface area contributed by atoms with E-state index >= 15 is 0 Å². The molecule has 1 aliphatic heterocycles. The molecule has 2 aromatic carbocycles. The van der Waals surface area contributed by atoms with Crippen LogP contribution >= 0.6 is 34.8 Å². The number of nitrogens with one attached hydrogen (secondary N) is 1. The van der Waals surface area contributed by atoms with Gasteiger partial charge in [-0.2, -0.15) is 0 Å². The van der Waals surface area contributed by atoms with Gasteiger partial charge in [-0.1, -0.05) is 121 Å². The van der Waals surface area contributed by atoms with Crippen molar-refractivity contribution in [2.45, 2.75) is 86.6 Å². The second-order valence-electron chi connectivity index (χ2n) is 11.3. The van der Waals surface area contributed by atoms with Crippen LogP contribution in [0.3, 0.4) is 0 Å². The average molecular weight is 644 g/mol. The minimum atomic E-state index is -2.42. The molecule has 5 atom stereocenters. The molecule has 224 valence electrons. The van der Waals surface area contributed by atoms with Crippen LogP contribution in [0.1, 0.15) is 31.9 Å². The summed E-state index contributed by atoms with van der Waals surface area (Å²) in [4.78, 5) is 3.03. The maximum Gasteiger partial charge on any atom is 0.265 e. The van der Waals surface area contributed by atoms with Crippen molar-refractivity contribution in [1.29, 1.82) is 5.41 Å². The number of benzene rings is 2. The number of alkyl halides is 3. The molecule has 9 nitrogen and oxygen atoms in total. The molecule has 1 fully saturated rings. The number of halogens is 3. The Bertz CT molecular complexity index is 1170. The third-order valence-corrected chi connectivity index (χ3v) is 12.2. The van der Waals surface area contributed by atoms with Gasteiger partial charge in [0.1, 0.15) is 24.4 Å². The van der Waals surface area contributed by atoms with Gasteiger partial charge in [-0.15, -0.1) is 0 Å². The molecule has 2 aromatic rings. The van der Waals surface area contributed by atoms with Crippen LogP contribution in [0.4, 0.5) is 0 Å². The zero-order valence-electron chi connectivity index (χ0n) is 23.8. The van der Waals surface area contributed by atoms with E-state index in [1.807, 2.05) is 60.7 Å². The van der Waals surface area contributed by atoms with Crippen LogP contribution in [0.2, 0.25) is 18.1 Å². The highest BCUT2D eigenvalue weighted by Crippen LogP contribution is 2.41. The molecular formula is C28H37Cl3N4O5Si. The minimum absolute atomic E-state index is 0.101. The number of ether oxygens (including phenoxy) is 4. The van der Waals surface area contributed by atoms with E-state index in [9.17, 15) is 5.53 Å². The first kappa shape index (κ1) is 33.6. The molecule has 0 amide bonds. The molecule has 3 rings (SSSR count). The molecular weight excluding hydrogens is 607 g/mol. The van der Waals surface area contributed by atoms with E-state index in [0.29, 0.717) is 6.61 Å². The van der Waals surface area contributed by atoms with E-state index in [-0.39, 0.29) is 18.3 Å². The number of azide groups is 1. The predicted octanol–water partition coefficient (Wildman–Crippen LogP) is 7.95. The summed E-state index contributed by atoms with van der Waals surface area (Å²) >= 11 is 17.7. The summed E-state index contributed by atoms with van der Waals surface area (Å²) in [7, 11) is -2.42. The summed E-state index contributed by atoms with van der Waals surface area (Å²) in [5, 5.41) is 12.0. The third-order valence-electron chi connectivity index (χ3n) is 7.21. The first-order valence-electron chi connectivity index (χ1n) is 13.2. The fourth-order valence-corrected chi connectivity index (χ4v) is 5.43. The van der Waals surface area contributed by atoms with Gasteiger partial charge in [0.25, 0.3) is 3.79 Å². The number of nitrogens with zero attached hydrogens (tertiary/aromatic N) is 3. The summed E-state index contributed by atoms with van der Waals surface area (Å²) in [6.45, 7) is 11.3. The smallest absolute Gasteiger partial charge is 0.265 e. The molecule has 0 bridgehead atoms. The Balaban J connectivity index is 2.00. The van der Waals surface area contributed by atoms with E-state index in [1.165, 1.54) is 0 Å². The normalized spacial score (nSPS) is 23.5. The van der Waals surface area contributed by atoms with Crippen molar-refractivity contribution >= 4 is 49.0 Å². The average Bonchev–Trinajstić information content (AvgIpc) is 2.90. The van der Waals surface area contributed by atoms with Gasteiger partial charge in [0, 0.05) is 4.91 Å². The van der Waals surface area contributed by atoms with E-state index in [0.717, 1.165) is 11.1 Å². The zero-order chi connectivity index (χ0) is 30.3. The third kappa shape index (κ3) is 9.58. The summed E-state index contributed by atoms with van der Waals surface area (Å²) in [5.41, 5.74) is 11.4. The second-order valence-corrected chi connectivity index (χ2v) is 18.3. The summed E-state index contributed by atoms with van der Waals surface area (Å²) in [5.74, 6) is -0.680. The molecule has 1 N–H and O–H groups in total. The number of rotatable bonds is 11. The van der Waals surface area contributed by atoms with E-state index < -0.39 is 48.7 Å². The van der Waals surface area contributed by atoms with E-state index in [1.54, 1.807) is 0 Å². The van der Waals surface area contributed by atoms with Crippen LogP contribution in [-0.4, -0.2) is 55.3 Å². The molecule has 0 aromatic heterocycles. The highest BCUT2D eigenvalue weighted by atomic mass is 35.6. The Morgan fingerprint density at radius 2 is 1.54 bits per heavy atom. The maximum absolute atomic E-state index is 9.52. The van der Waals surface area contributed by atoms with Gasteiger partial charge in [-0.3, -0.25) is 5.41 Å². The molecule has 1 heterocycles. The van der Waals surface area contributed by atoms with Gasteiger partial charge in [-0.05, 0) is 34.8 Å². The van der Waals surface area contributed by atoms with E-state index in [2.05, 4.69) is 43.9 Å². The lowest BCUT2D eigenvalue weighted by atomic mass is 9.97. The molecule has 41 heavy (non-hydrogen) atoms. The lowest BCUT2D eigenvalue weighted by Crippen LogP contribution is -2.63. The molecule has 0 spiro atoms. The van der Waals surface area contributed by atoms with Crippen LogP contribution in [0, 0.1) is 5.41 Å². The fourth-order valence-electron chi connectivity index (χ4n) is 3.97. The Labute approximate surface area is 257 Å². The van der Waals surface area contributed by atoms with Crippen LogP contribution in [0.5, 0.6) is 0 Å². The van der Waals surface area contributed by atoms with Gasteiger partial charge in [0.15, 0.2) is 8.32 Å². The summed E-state index contributed by atoms with van der Waals surface area (Å²) in [6, 6.07) is 18.2. The van der Waals surface area contributed by atoms with Crippen LogP contribution < -0.4 is 0 Å². The molecule has 13 heteroatoms. The van der Waals surface area contributed by atoms with Crippen molar-refractivity contribution in [3.63, 3.8) is 0 Å². The van der Waals surface area contributed by atoms with Gasteiger partial charge in [0.2, 0.25) is 12.2 Å². The summed E-state index contributed by atoms with van der Waals surface area (Å²) in [6.07, 6.45) is -3.58. The van der Waals surface area contributed by atoms with E-state index in [4.69, 9.17) is 63.6 Å². The standard InChI is InChI=1S/C28H37Cl3N4O5Si/c1-27(2,3)41(4,5)40-23-21(18-36-16-19-12-8-6-9-13-19)38-25(39-26(32)28(29,30)31)22(34-35-33)24(23)37-17-20-14-10-7-11-15-20/h6-15,21-25,32H,16-18H2,1-5H3/t21-,22-,23-,24-,25-/m1/s1. The van der Waals surface area contributed by atoms with Gasteiger partial charge in [0.05, 0.1) is 19.8 Å². The van der Waals surface area contributed by atoms with Crippen molar-refractivity contribution in [3.05, 3.63) is 82.2 Å². The predicted molar refractivity (Wildman–Crippen MR) is 164 cm³/mol. The Morgan fingerprint density at radius 3 is 2.05 bits per heavy atom. The minimum Gasteiger partial charge on any atom is -0.448 e. The number of hydrogen-bond acceptors (Lipinski definition) is 7. The summed E-state index contributed by atoms with van der Waals surface area (Å²) < 4.78 is 29.2.